The summed E-state index contributed by atoms with van der Waals surface area (Å²) in [5.41, 5.74) is 8.27. The van der Waals surface area contributed by atoms with Gasteiger partial charge >= 0.3 is 0 Å². The highest BCUT2D eigenvalue weighted by atomic mass is 16.3. The molecule has 1 rings (SSSR count). The lowest BCUT2D eigenvalue weighted by atomic mass is 10.3. The van der Waals surface area contributed by atoms with Gasteiger partial charge in [0.1, 0.15) is 11.5 Å². The first-order chi connectivity index (χ1) is 5.27. The minimum absolute atomic E-state index is 0.582. The van der Waals surface area contributed by atoms with Crippen molar-refractivity contribution in [3.8, 4) is 0 Å². The SMILES string of the molecule is Cc1ccc(/C(=C/N)NN)o1. The van der Waals surface area contributed by atoms with Crippen molar-refractivity contribution >= 4 is 5.70 Å². The summed E-state index contributed by atoms with van der Waals surface area (Å²) < 4.78 is 5.24. The van der Waals surface area contributed by atoms with Crippen LogP contribution in [0.1, 0.15) is 11.5 Å². The monoisotopic (exact) mass is 153 g/mol. The van der Waals surface area contributed by atoms with Gasteiger partial charge in [0, 0.05) is 6.20 Å². The maximum atomic E-state index is 5.26. The van der Waals surface area contributed by atoms with Crippen LogP contribution in [0.4, 0.5) is 0 Å². The number of aryl methyl sites for hydroxylation is 1. The Morgan fingerprint density at radius 2 is 2.36 bits per heavy atom. The first-order valence-electron chi connectivity index (χ1n) is 3.23. The second-order valence-electron chi connectivity index (χ2n) is 2.13. The Balaban J connectivity index is 2.91. The fourth-order valence-corrected chi connectivity index (χ4v) is 0.781. The molecular formula is C7H11N3O. The van der Waals surface area contributed by atoms with Crippen LogP contribution in [0.3, 0.4) is 0 Å². The molecule has 0 amide bonds. The van der Waals surface area contributed by atoms with E-state index in [1.807, 2.05) is 13.0 Å². The van der Waals surface area contributed by atoms with E-state index >= 15 is 0 Å². The average Bonchev–Trinajstić information content (AvgIpc) is 2.39. The summed E-state index contributed by atoms with van der Waals surface area (Å²) in [6.45, 7) is 1.86. The van der Waals surface area contributed by atoms with Gasteiger partial charge in [-0.3, -0.25) is 5.84 Å². The fraction of sp³-hybridized carbons (Fsp3) is 0.143. The Hall–Kier alpha value is -1.42. The van der Waals surface area contributed by atoms with Crippen LogP contribution in [0, 0.1) is 6.92 Å². The highest BCUT2D eigenvalue weighted by Gasteiger charge is 2.02. The first-order valence-corrected chi connectivity index (χ1v) is 3.23. The van der Waals surface area contributed by atoms with E-state index in [4.69, 9.17) is 16.0 Å². The summed E-state index contributed by atoms with van der Waals surface area (Å²) in [6.07, 6.45) is 1.36. The highest BCUT2D eigenvalue weighted by molar-refractivity contribution is 5.58. The van der Waals surface area contributed by atoms with Gasteiger partial charge in [-0.25, -0.2) is 0 Å². The number of nitrogens with two attached hydrogens (primary N) is 2. The van der Waals surface area contributed by atoms with Crippen molar-refractivity contribution in [1.82, 2.24) is 5.43 Å². The molecule has 0 fully saturated rings. The van der Waals surface area contributed by atoms with Crippen LogP contribution in [-0.4, -0.2) is 0 Å². The lowest BCUT2D eigenvalue weighted by molar-refractivity contribution is 0.517. The lowest BCUT2D eigenvalue weighted by Gasteiger charge is -1.99. The summed E-state index contributed by atoms with van der Waals surface area (Å²) in [7, 11) is 0. The standard InChI is InChI=1S/C7H11N3O/c1-5-2-3-7(11-5)6(4-8)10-9/h2-4,10H,8-9H2,1H3/b6-4-. The molecule has 11 heavy (non-hydrogen) atoms. The van der Waals surface area contributed by atoms with E-state index in [0.29, 0.717) is 11.5 Å². The van der Waals surface area contributed by atoms with E-state index in [1.54, 1.807) is 6.07 Å². The van der Waals surface area contributed by atoms with Crippen molar-refractivity contribution in [1.29, 1.82) is 0 Å². The zero-order valence-electron chi connectivity index (χ0n) is 6.29. The molecule has 0 aliphatic carbocycles. The molecule has 0 spiro atoms. The molecule has 0 aliphatic heterocycles. The Kier molecular flexibility index (Phi) is 2.18. The van der Waals surface area contributed by atoms with Gasteiger partial charge in [-0.05, 0) is 19.1 Å². The molecule has 0 radical (unpaired) electrons. The van der Waals surface area contributed by atoms with E-state index in [2.05, 4.69) is 5.43 Å². The van der Waals surface area contributed by atoms with Crippen molar-refractivity contribution in [2.75, 3.05) is 0 Å². The number of rotatable bonds is 2. The maximum absolute atomic E-state index is 5.26. The average molecular weight is 153 g/mol. The summed E-state index contributed by atoms with van der Waals surface area (Å²) in [6, 6.07) is 3.64. The van der Waals surface area contributed by atoms with Gasteiger partial charge in [-0.15, -0.1) is 0 Å². The summed E-state index contributed by atoms with van der Waals surface area (Å²) >= 11 is 0. The quantitative estimate of drug-likeness (QED) is 0.422. The normalized spacial score (nSPS) is 11.6. The third-order valence-electron chi connectivity index (χ3n) is 1.33. The Labute approximate surface area is 64.8 Å². The molecule has 0 saturated carbocycles. The van der Waals surface area contributed by atoms with Crippen molar-refractivity contribution in [2.24, 2.45) is 11.6 Å². The molecular weight excluding hydrogens is 142 g/mol. The zero-order chi connectivity index (χ0) is 8.27. The second-order valence-corrected chi connectivity index (χ2v) is 2.13. The van der Waals surface area contributed by atoms with E-state index in [-0.39, 0.29) is 0 Å². The second kappa shape index (κ2) is 3.12. The van der Waals surface area contributed by atoms with Gasteiger partial charge < -0.3 is 15.6 Å². The van der Waals surface area contributed by atoms with Crippen LogP contribution >= 0.6 is 0 Å². The lowest BCUT2D eigenvalue weighted by Crippen LogP contribution is -2.20. The predicted molar refractivity (Wildman–Crippen MR) is 42.9 cm³/mol. The third-order valence-corrected chi connectivity index (χ3v) is 1.33. The van der Waals surface area contributed by atoms with Gasteiger partial charge in [0.15, 0.2) is 5.76 Å². The molecule has 0 aliphatic rings. The van der Waals surface area contributed by atoms with E-state index in [9.17, 15) is 0 Å². The molecule has 4 nitrogen and oxygen atoms in total. The Morgan fingerprint density at radius 3 is 2.73 bits per heavy atom. The van der Waals surface area contributed by atoms with E-state index in [0.717, 1.165) is 5.76 Å². The van der Waals surface area contributed by atoms with E-state index < -0.39 is 0 Å². The summed E-state index contributed by atoms with van der Waals surface area (Å²) in [5, 5.41) is 0. The van der Waals surface area contributed by atoms with Crippen molar-refractivity contribution in [3.63, 3.8) is 0 Å². The minimum Gasteiger partial charge on any atom is -0.460 e. The fourth-order valence-electron chi connectivity index (χ4n) is 0.781. The van der Waals surface area contributed by atoms with Crippen molar-refractivity contribution in [2.45, 2.75) is 6.92 Å². The number of hydrogen-bond acceptors (Lipinski definition) is 4. The molecule has 1 heterocycles. The van der Waals surface area contributed by atoms with Crippen LogP contribution in [0.5, 0.6) is 0 Å². The highest BCUT2D eigenvalue weighted by Crippen LogP contribution is 2.12. The minimum atomic E-state index is 0.582. The number of hydrazine groups is 1. The molecule has 0 saturated heterocycles. The summed E-state index contributed by atoms with van der Waals surface area (Å²) in [5.74, 6) is 6.64. The van der Waals surface area contributed by atoms with Gasteiger partial charge in [-0.1, -0.05) is 0 Å². The van der Waals surface area contributed by atoms with Crippen LogP contribution in [0.2, 0.25) is 0 Å². The van der Waals surface area contributed by atoms with Crippen LogP contribution in [0.25, 0.3) is 5.70 Å². The van der Waals surface area contributed by atoms with Crippen molar-refractivity contribution < 1.29 is 4.42 Å². The Bertz CT molecular complexity index is 264. The predicted octanol–water partition coefficient (Wildman–Crippen LogP) is 0.308. The molecule has 4 heteroatoms. The Morgan fingerprint density at radius 1 is 1.64 bits per heavy atom. The van der Waals surface area contributed by atoms with Crippen molar-refractivity contribution in [3.05, 3.63) is 29.9 Å². The number of nitrogens with one attached hydrogen (secondary N) is 1. The molecule has 1 aromatic heterocycles. The molecule has 5 N–H and O–H groups in total. The smallest absolute Gasteiger partial charge is 0.152 e. The van der Waals surface area contributed by atoms with Gasteiger partial charge in [0.2, 0.25) is 0 Å². The van der Waals surface area contributed by atoms with Gasteiger partial charge in [-0.2, -0.15) is 0 Å². The first kappa shape index (κ1) is 7.68. The molecule has 0 aromatic carbocycles. The topological polar surface area (TPSA) is 77.2 Å². The summed E-state index contributed by atoms with van der Waals surface area (Å²) in [4.78, 5) is 0. The maximum Gasteiger partial charge on any atom is 0.152 e. The largest absolute Gasteiger partial charge is 0.460 e. The molecule has 0 atom stereocenters. The molecule has 0 unspecified atom stereocenters. The zero-order valence-corrected chi connectivity index (χ0v) is 6.29. The number of furan rings is 1. The van der Waals surface area contributed by atoms with Gasteiger partial charge in [0.25, 0.3) is 0 Å². The van der Waals surface area contributed by atoms with E-state index in [1.165, 1.54) is 6.20 Å². The third kappa shape index (κ3) is 1.53. The van der Waals surface area contributed by atoms with Crippen LogP contribution in [-0.2, 0) is 0 Å². The molecule has 60 valence electrons. The van der Waals surface area contributed by atoms with Crippen LogP contribution in [0.15, 0.2) is 22.7 Å². The van der Waals surface area contributed by atoms with Crippen LogP contribution < -0.4 is 17.0 Å². The molecule has 0 bridgehead atoms. The number of hydrogen-bond donors (Lipinski definition) is 3. The van der Waals surface area contributed by atoms with Gasteiger partial charge in [0.05, 0.1) is 0 Å². The molecule has 1 aromatic rings.